The van der Waals surface area contributed by atoms with Crippen LogP contribution in [-0.4, -0.2) is 36.2 Å². The minimum atomic E-state index is -0.940. The van der Waals surface area contributed by atoms with E-state index in [9.17, 15) is 9.59 Å². The molecule has 1 rings (SSSR count). The Labute approximate surface area is 112 Å². The molecule has 1 atom stereocenters. The number of carbonyl (C=O) groups excluding carboxylic acids is 1. The van der Waals surface area contributed by atoms with Gasteiger partial charge in [0.05, 0.1) is 6.42 Å². The second-order valence-corrected chi connectivity index (χ2v) is 5.73. The summed E-state index contributed by atoms with van der Waals surface area (Å²) in [7, 11) is 0. The Balaban J connectivity index is 2.62. The highest BCUT2D eigenvalue weighted by atomic mass is 16.6. The van der Waals surface area contributed by atoms with Gasteiger partial charge in [0.25, 0.3) is 5.91 Å². The van der Waals surface area contributed by atoms with Crippen LogP contribution >= 0.6 is 0 Å². The first-order valence-corrected chi connectivity index (χ1v) is 6.25. The lowest BCUT2D eigenvalue weighted by molar-refractivity contribution is -0.138. The zero-order valence-electron chi connectivity index (χ0n) is 11.6. The highest BCUT2D eigenvalue weighted by Crippen LogP contribution is 2.22. The van der Waals surface area contributed by atoms with E-state index >= 15 is 0 Å². The van der Waals surface area contributed by atoms with Crippen molar-refractivity contribution >= 4 is 11.9 Å². The van der Waals surface area contributed by atoms with Crippen molar-refractivity contribution in [3.63, 3.8) is 0 Å². The Morgan fingerprint density at radius 1 is 1.42 bits per heavy atom. The summed E-state index contributed by atoms with van der Waals surface area (Å²) >= 11 is 0. The van der Waals surface area contributed by atoms with Gasteiger partial charge in [-0.3, -0.25) is 9.59 Å². The zero-order chi connectivity index (χ0) is 14.5. The monoisotopic (exact) mass is 271 g/mol. The van der Waals surface area contributed by atoms with Crippen LogP contribution < -0.4 is 5.32 Å². The zero-order valence-corrected chi connectivity index (χ0v) is 11.6. The number of carboxylic acids is 1. The van der Waals surface area contributed by atoms with E-state index in [1.54, 1.807) is 0 Å². The third-order valence-corrected chi connectivity index (χ3v) is 2.49. The molecule has 6 nitrogen and oxygen atoms in total. The van der Waals surface area contributed by atoms with Crippen LogP contribution in [0.15, 0.2) is 12.0 Å². The predicted molar refractivity (Wildman–Crippen MR) is 68.2 cm³/mol. The van der Waals surface area contributed by atoms with Crippen molar-refractivity contribution in [2.45, 2.75) is 39.7 Å². The average molecular weight is 271 g/mol. The Kier molecular flexibility index (Phi) is 5.20. The van der Waals surface area contributed by atoms with Crippen molar-refractivity contribution in [2.24, 2.45) is 5.41 Å². The molecule has 1 heterocycles. The Bertz CT molecular complexity index is 370. The maximum Gasteiger partial charge on any atom is 0.305 e. The van der Waals surface area contributed by atoms with Crippen molar-refractivity contribution < 1.29 is 24.2 Å². The average Bonchev–Trinajstić information content (AvgIpc) is 2.26. The highest BCUT2D eigenvalue weighted by molar-refractivity contribution is 5.91. The van der Waals surface area contributed by atoms with E-state index in [1.165, 1.54) is 6.26 Å². The van der Waals surface area contributed by atoms with Gasteiger partial charge in [-0.15, -0.1) is 0 Å². The molecule has 0 aromatic rings. The molecule has 0 aromatic carbocycles. The molecule has 0 saturated carbocycles. The number of carboxylic acid groups (broad SMARTS) is 1. The van der Waals surface area contributed by atoms with Gasteiger partial charge in [-0.05, 0) is 11.8 Å². The molecule has 1 aliphatic heterocycles. The summed E-state index contributed by atoms with van der Waals surface area (Å²) in [6, 6.07) is -0.434. The first-order valence-electron chi connectivity index (χ1n) is 6.25. The minimum Gasteiger partial charge on any atom is -0.494 e. The summed E-state index contributed by atoms with van der Waals surface area (Å²) in [4.78, 5) is 22.7. The van der Waals surface area contributed by atoms with Crippen molar-refractivity contribution in [3.8, 4) is 0 Å². The lowest BCUT2D eigenvalue weighted by Crippen LogP contribution is -2.40. The van der Waals surface area contributed by atoms with Crippen LogP contribution in [0.3, 0.4) is 0 Å². The molecule has 19 heavy (non-hydrogen) atoms. The second kappa shape index (κ2) is 6.45. The Hall–Kier alpha value is -1.72. The molecule has 1 aliphatic rings. The Morgan fingerprint density at radius 2 is 2.11 bits per heavy atom. The van der Waals surface area contributed by atoms with Gasteiger partial charge in [0, 0.05) is 6.04 Å². The number of aliphatic carboxylic acids is 1. The lowest BCUT2D eigenvalue weighted by atomic mass is 9.87. The van der Waals surface area contributed by atoms with Crippen LogP contribution in [0.2, 0.25) is 0 Å². The Morgan fingerprint density at radius 3 is 2.58 bits per heavy atom. The van der Waals surface area contributed by atoms with E-state index in [-0.39, 0.29) is 17.6 Å². The molecule has 2 N–H and O–H groups in total. The molecular formula is C13H21NO5. The van der Waals surface area contributed by atoms with Gasteiger partial charge >= 0.3 is 5.97 Å². The first-order chi connectivity index (χ1) is 8.78. The van der Waals surface area contributed by atoms with Crippen LogP contribution in [0, 0.1) is 5.41 Å². The lowest BCUT2D eigenvalue weighted by Gasteiger charge is -2.26. The molecule has 1 amide bonds. The molecular weight excluding hydrogens is 250 g/mol. The third-order valence-electron chi connectivity index (χ3n) is 2.49. The van der Waals surface area contributed by atoms with Crippen molar-refractivity contribution in [2.75, 3.05) is 13.2 Å². The molecule has 0 bridgehead atoms. The number of amides is 1. The standard InChI is InChI=1S/C13H21NO5/c1-13(2,3)7-9(6-11(15)16)14-12(17)10-8-18-4-5-19-10/h8-9H,4-7H2,1-3H3,(H,14,17)(H,15,16). The molecule has 1 unspecified atom stereocenters. The first kappa shape index (κ1) is 15.3. The summed E-state index contributed by atoms with van der Waals surface area (Å²) in [6.07, 6.45) is 1.71. The molecule has 0 radical (unpaired) electrons. The largest absolute Gasteiger partial charge is 0.494 e. The smallest absolute Gasteiger partial charge is 0.305 e. The fourth-order valence-electron chi connectivity index (χ4n) is 1.87. The molecule has 0 aromatic heterocycles. The molecule has 0 spiro atoms. The SMILES string of the molecule is CC(C)(C)CC(CC(=O)O)NC(=O)C1=COCCO1. The van der Waals surface area contributed by atoms with Gasteiger partial charge in [-0.1, -0.05) is 20.8 Å². The molecule has 0 aliphatic carbocycles. The van der Waals surface area contributed by atoms with Crippen molar-refractivity contribution in [1.29, 1.82) is 0 Å². The van der Waals surface area contributed by atoms with Crippen LogP contribution in [0.25, 0.3) is 0 Å². The van der Waals surface area contributed by atoms with E-state index in [0.29, 0.717) is 19.6 Å². The molecule has 108 valence electrons. The van der Waals surface area contributed by atoms with E-state index in [4.69, 9.17) is 14.6 Å². The maximum absolute atomic E-state index is 11.9. The molecule has 0 fully saturated rings. The fraction of sp³-hybridized carbons (Fsp3) is 0.692. The van der Waals surface area contributed by atoms with Crippen LogP contribution in [0.1, 0.15) is 33.6 Å². The summed E-state index contributed by atoms with van der Waals surface area (Å²) < 4.78 is 10.2. The molecule has 0 saturated heterocycles. The predicted octanol–water partition coefficient (Wildman–Crippen LogP) is 1.27. The highest BCUT2D eigenvalue weighted by Gasteiger charge is 2.25. The second-order valence-electron chi connectivity index (χ2n) is 5.73. The number of hydrogen-bond donors (Lipinski definition) is 2. The van der Waals surface area contributed by atoms with E-state index in [1.807, 2.05) is 20.8 Å². The van der Waals surface area contributed by atoms with Crippen molar-refractivity contribution in [1.82, 2.24) is 5.32 Å². The number of hydrogen-bond acceptors (Lipinski definition) is 4. The number of nitrogens with one attached hydrogen (secondary N) is 1. The van der Waals surface area contributed by atoms with Gasteiger partial charge in [0.15, 0.2) is 0 Å². The summed E-state index contributed by atoms with van der Waals surface area (Å²) in [5.74, 6) is -1.28. The van der Waals surface area contributed by atoms with Crippen LogP contribution in [0.4, 0.5) is 0 Å². The van der Waals surface area contributed by atoms with Gasteiger partial charge in [-0.25, -0.2) is 0 Å². The van der Waals surface area contributed by atoms with Gasteiger partial charge < -0.3 is 19.9 Å². The fourth-order valence-corrected chi connectivity index (χ4v) is 1.87. The van der Waals surface area contributed by atoms with Gasteiger partial charge in [0.1, 0.15) is 19.5 Å². The summed E-state index contributed by atoms with van der Waals surface area (Å²) in [6.45, 7) is 6.72. The van der Waals surface area contributed by atoms with Crippen LogP contribution in [0.5, 0.6) is 0 Å². The number of ether oxygens (including phenoxy) is 2. The van der Waals surface area contributed by atoms with E-state index in [0.717, 1.165) is 0 Å². The van der Waals surface area contributed by atoms with E-state index < -0.39 is 17.9 Å². The summed E-state index contributed by atoms with van der Waals surface area (Å²) in [5, 5.41) is 11.6. The van der Waals surface area contributed by atoms with E-state index in [2.05, 4.69) is 5.32 Å². The number of carbonyl (C=O) groups is 2. The number of rotatable bonds is 5. The topological polar surface area (TPSA) is 84.9 Å². The summed E-state index contributed by atoms with van der Waals surface area (Å²) in [5.41, 5.74) is -0.0777. The maximum atomic E-state index is 11.9. The molecule has 6 heteroatoms. The quantitative estimate of drug-likeness (QED) is 0.786. The normalized spacial score (nSPS) is 16.7. The van der Waals surface area contributed by atoms with Gasteiger partial charge in [-0.2, -0.15) is 0 Å². The van der Waals surface area contributed by atoms with Crippen LogP contribution in [-0.2, 0) is 19.1 Å². The van der Waals surface area contributed by atoms with Gasteiger partial charge in [0.2, 0.25) is 5.76 Å². The van der Waals surface area contributed by atoms with Crippen molar-refractivity contribution in [3.05, 3.63) is 12.0 Å². The minimum absolute atomic E-state index is 0.0777. The third kappa shape index (κ3) is 6.13.